The zero-order valence-electron chi connectivity index (χ0n) is 26.1. The molecule has 246 valence electrons. The summed E-state index contributed by atoms with van der Waals surface area (Å²) in [4.78, 5) is 46.9. The summed E-state index contributed by atoms with van der Waals surface area (Å²) in [5.41, 5.74) is 4.19. The molecular weight excluding hydrogens is 616 g/mol. The Morgan fingerprint density at radius 3 is 1.56 bits per heavy atom. The fourth-order valence-corrected chi connectivity index (χ4v) is 4.26. The van der Waals surface area contributed by atoms with Gasteiger partial charge in [-0.25, -0.2) is 14.4 Å². The van der Waals surface area contributed by atoms with Crippen LogP contribution in [0.15, 0.2) is 123 Å². The summed E-state index contributed by atoms with van der Waals surface area (Å²) in [5.74, 6) is -0.179. The number of carbonyl (C=O) groups is 4. The van der Waals surface area contributed by atoms with Gasteiger partial charge in [0.1, 0.15) is 17.2 Å². The lowest BCUT2D eigenvalue weighted by atomic mass is 10.0. The maximum Gasteiger partial charge on any atom is 0.513 e. The first kappa shape index (κ1) is 34.7. The van der Waals surface area contributed by atoms with E-state index >= 15 is 0 Å². The standard InChI is InChI=1S/C38H34O10/c1-3-35(39)45-24-5-6-25-46-38(42)48-34-21-13-30(14-22-34)28-9-7-27(8-10-28)29-11-19-33(20-12-29)47-37(41)31-15-17-32(18-16-31)44-26-23-36(40)43-4-2/h3-4,7-22H,1-2,5-6,23-26H2. The van der Waals surface area contributed by atoms with Crippen molar-refractivity contribution in [2.24, 2.45) is 0 Å². The fraction of sp³-hybridized carbons (Fsp3) is 0.158. The predicted molar refractivity (Wildman–Crippen MR) is 177 cm³/mol. The van der Waals surface area contributed by atoms with E-state index in [1.165, 1.54) is 0 Å². The Morgan fingerprint density at radius 2 is 1.04 bits per heavy atom. The summed E-state index contributed by atoms with van der Waals surface area (Å²) in [6.07, 6.45) is 2.51. The van der Waals surface area contributed by atoms with Crippen LogP contribution in [0.4, 0.5) is 4.79 Å². The molecule has 48 heavy (non-hydrogen) atoms. The van der Waals surface area contributed by atoms with Gasteiger partial charge in [-0.15, -0.1) is 0 Å². The molecule has 0 amide bonds. The fourth-order valence-electron chi connectivity index (χ4n) is 4.26. The van der Waals surface area contributed by atoms with Crippen molar-refractivity contribution in [2.45, 2.75) is 19.3 Å². The predicted octanol–water partition coefficient (Wildman–Crippen LogP) is 7.72. The van der Waals surface area contributed by atoms with Crippen molar-refractivity contribution in [3.8, 4) is 39.5 Å². The number of hydrogen-bond donors (Lipinski definition) is 0. The number of carbonyl (C=O) groups excluding carboxylic acids is 4. The van der Waals surface area contributed by atoms with Crippen LogP contribution in [-0.2, 0) is 23.8 Å². The normalized spacial score (nSPS) is 10.2. The van der Waals surface area contributed by atoms with E-state index in [2.05, 4.69) is 17.9 Å². The minimum absolute atomic E-state index is 0.0732. The average Bonchev–Trinajstić information content (AvgIpc) is 3.11. The molecule has 0 saturated heterocycles. The number of ether oxygens (including phenoxy) is 6. The van der Waals surface area contributed by atoms with Crippen molar-refractivity contribution in [2.75, 3.05) is 19.8 Å². The third-order valence-corrected chi connectivity index (χ3v) is 6.72. The molecule has 0 unspecified atom stereocenters. The van der Waals surface area contributed by atoms with Crippen LogP contribution >= 0.6 is 0 Å². The molecule has 0 atom stereocenters. The largest absolute Gasteiger partial charge is 0.513 e. The maximum absolute atomic E-state index is 12.6. The summed E-state index contributed by atoms with van der Waals surface area (Å²) in [5, 5.41) is 0. The summed E-state index contributed by atoms with van der Waals surface area (Å²) in [6.45, 7) is 7.16. The molecule has 0 aromatic heterocycles. The zero-order chi connectivity index (χ0) is 34.1. The highest BCUT2D eigenvalue weighted by atomic mass is 16.7. The molecule has 10 heteroatoms. The monoisotopic (exact) mass is 650 g/mol. The van der Waals surface area contributed by atoms with Gasteiger partial charge in [-0.1, -0.05) is 61.7 Å². The molecule has 4 rings (SSSR count). The molecule has 0 fully saturated rings. The van der Waals surface area contributed by atoms with E-state index in [1.807, 2.05) is 48.5 Å². The second-order valence-electron chi connectivity index (χ2n) is 10.1. The Balaban J connectivity index is 1.22. The first-order valence-corrected chi connectivity index (χ1v) is 15.0. The van der Waals surface area contributed by atoms with Gasteiger partial charge in [-0.2, -0.15) is 0 Å². The molecule has 4 aromatic rings. The topological polar surface area (TPSA) is 124 Å². The van der Waals surface area contributed by atoms with E-state index in [4.69, 9.17) is 23.7 Å². The maximum atomic E-state index is 12.6. The van der Waals surface area contributed by atoms with Gasteiger partial charge in [0.05, 0.1) is 38.1 Å². The van der Waals surface area contributed by atoms with Crippen molar-refractivity contribution < 1.29 is 47.6 Å². The number of benzene rings is 4. The van der Waals surface area contributed by atoms with E-state index in [-0.39, 0.29) is 26.2 Å². The summed E-state index contributed by atoms with van der Waals surface area (Å²) < 4.78 is 30.8. The van der Waals surface area contributed by atoms with Crippen molar-refractivity contribution in [3.63, 3.8) is 0 Å². The highest BCUT2D eigenvalue weighted by Crippen LogP contribution is 2.28. The van der Waals surface area contributed by atoms with Crippen LogP contribution in [0, 0.1) is 0 Å². The van der Waals surface area contributed by atoms with Crippen LogP contribution in [0.3, 0.4) is 0 Å². The first-order chi connectivity index (χ1) is 23.3. The molecule has 4 aromatic carbocycles. The Bertz CT molecular complexity index is 1690. The van der Waals surface area contributed by atoms with Crippen LogP contribution in [0.1, 0.15) is 29.6 Å². The zero-order valence-corrected chi connectivity index (χ0v) is 26.1. The molecule has 0 radical (unpaired) electrons. The van der Waals surface area contributed by atoms with E-state index in [9.17, 15) is 19.2 Å². The van der Waals surface area contributed by atoms with Crippen LogP contribution < -0.4 is 14.2 Å². The summed E-state index contributed by atoms with van der Waals surface area (Å²) >= 11 is 0. The van der Waals surface area contributed by atoms with Crippen LogP contribution in [0.5, 0.6) is 17.2 Å². The van der Waals surface area contributed by atoms with E-state index < -0.39 is 24.1 Å². The van der Waals surface area contributed by atoms with Gasteiger partial charge in [-0.05, 0) is 83.6 Å². The molecule has 0 spiro atoms. The van der Waals surface area contributed by atoms with E-state index in [0.29, 0.717) is 35.7 Å². The molecule has 0 aliphatic rings. The third kappa shape index (κ3) is 11.0. The van der Waals surface area contributed by atoms with Crippen molar-refractivity contribution >= 4 is 24.1 Å². The van der Waals surface area contributed by atoms with E-state index in [1.54, 1.807) is 48.5 Å². The second-order valence-corrected chi connectivity index (χ2v) is 10.1. The molecular formula is C38H34O10. The number of esters is 3. The van der Waals surface area contributed by atoms with E-state index in [0.717, 1.165) is 34.6 Å². The third-order valence-electron chi connectivity index (χ3n) is 6.72. The van der Waals surface area contributed by atoms with Crippen molar-refractivity contribution in [1.29, 1.82) is 0 Å². The molecule has 0 aliphatic carbocycles. The second kappa shape index (κ2) is 18.1. The van der Waals surface area contributed by atoms with Gasteiger partial charge < -0.3 is 28.4 Å². The van der Waals surface area contributed by atoms with Gasteiger partial charge in [0, 0.05) is 6.08 Å². The van der Waals surface area contributed by atoms with Crippen molar-refractivity contribution in [1.82, 2.24) is 0 Å². The highest BCUT2D eigenvalue weighted by Gasteiger charge is 2.11. The van der Waals surface area contributed by atoms with Gasteiger partial charge in [0.15, 0.2) is 0 Å². The quantitative estimate of drug-likeness (QED) is 0.0226. The van der Waals surface area contributed by atoms with Gasteiger partial charge in [-0.3, -0.25) is 4.79 Å². The highest BCUT2D eigenvalue weighted by molar-refractivity contribution is 5.91. The SMILES string of the molecule is C=COC(=O)CCOc1ccc(C(=O)Oc2ccc(-c3ccc(-c4ccc(OC(=O)OCCCCOC(=O)C=C)cc4)cc3)cc2)cc1. The molecule has 0 bridgehead atoms. The smallest absolute Gasteiger partial charge is 0.493 e. The molecule has 0 heterocycles. The molecule has 0 saturated carbocycles. The Morgan fingerprint density at radius 1 is 0.562 bits per heavy atom. The number of hydrogen-bond acceptors (Lipinski definition) is 10. The number of unbranched alkanes of at least 4 members (excludes halogenated alkanes) is 1. The molecule has 0 aliphatic heterocycles. The van der Waals surface area contributed by atoms with Gasteiger partial charge in [0.2, 0.25) is 0 Å². The summed E-state index contributed by atoms with van der Waals surface area (Å²) in [6, 6.07) is 28.6. The van der Waals surface area contributed by atoms with Gasteiger partial charge in [0.25, 0.3) is 0 Å². The van der Waals surface area contributed by atoms with Crippen LogP contribution in [0.25, 0.3) is 22.3 Å². The Hall–Kier alpha value is -6.16. The van der Waals surface area contributed by atoms with Crippen LogP contribution in [-0.4, -0.2) is 43.9 Å². The minimum Gasteiger partial charge on any atom is -0.493 e. The number of rotatable bonds is 16. The van der Waals surface area contributed by atoms with Crippen molar-refractivity contribution in [3.05, 3.63) is 128 Å². The molecule has 10 nitrogen and oxygen atoms in total. The first-order valence-electron chi connectivity index (χ1n) is 15.0. The lowest BCUT2D eigenvalue weighted by molar-refractivity contribution is -0.139. The summed E-state index contributed by atoms with van der Waals surface area (Å²) in [7, 11) is 0. The Labute approximate surface area is 278 Å². The molecule has 0 N–H and O–H groups in total. The average molecular weight is 651 g/mol. The minimum atomic E-state index is -0.807. The van der Waals surface area contributed by atoms with Gasteiger partial charge >= 0.3 is 24.1 Å². The van der Waals surface area contributed by atoms with Crippen LogP contribution in [0.2, 0.25) is 0 Å². The lowest BCUT2D eigenvalue weighted by Crippen LogP contribution is -2.12. The lowest BCUT2D eigenvalue weighted by Gasteiger charge is -2.09. The Kier molecular flexibility index (Phi) is 13.1.